The first-order valence-electron chi connectivity index (χ1n) is 9.22. The fourth-order valence-electron chi connectivity index (χ4n) is 2.09. The fourth-order valence-corrected chi connectivity index (χ4v) is 2.09. The van der Waals surface area contributed by atoms with Crippen LogP contribution in [0.3, 0.4) is 0 Å². The van der Waals surface area contributed by atoms with E-state index in [4.69, 9.17) is 14.2 Å². The third kappa shape index (κ3) is 11.9. The third-order valence-electron chi connectivity index (χ3n) is 3.30. The Morgan fingerprint density at radius 2 is 1.70 bits per heavy atom. The summed E-state index contributed by atoms with van der Waals surface area (Å²) in [6, 6.07) is 9.57. The predicted octanol–water partition coefficient (Wildman–Crippen LogP) is 3.62. The molecule has 7 nitrogen and oxygen atoms in total. The molecule has 2 N–H and O–H groups in total. The Morgan fingerprint density at radius 3 is 2.30 bits per heavy atom. The summed E-state index contributed by atoms with van der Waals surface area (Å²) < 4.78 is 16.2. The smallest absolute Gasteiger partial charge is 0.407 e. The molecule has 1 aromatic rings. The van der Waals surface area contributed by atoms with E-state index in [-0.39, 0.29) is 12.7 Å². The highest BCUT2D eigenvalue weighted by atomic mass is 16.6. The van der Waals surface area contributed by atoms with Gasteiger partial charge in [-0.05, 0) is 40.2 Å². The normalized spacial score (nSPS) is 12.4. The summed E-state index contributed by atoms with van der Waals surface area (Å²) in [6.45, 7) is 10.2. The van der Waals surface area contributed by atoms with Crippen LogP contribution >= 0.6 is 0 Å². The number of carbonyl (C=O) groups is 2. The molecule has 0 fully saturated rings. The zero-order valence-corrected chi connectivity index (χ0v) is 16.9. The predicted molar refractivity (Wildman–Crippen MR) is 103 cm³/mol. The van der Waals surface area contributed by atoms with Crippen LogP contribution < -0.4 is 10.6 Å². The zero-order valence-electron chi connectivity index (χ0n) is 16.9. The molecule has 0 heterocycles. The topological polar surface area (TPSA) is 85.9 Å². The molecule has 152 valence electrons. The Bertz CT molecular complexity index is 569. The first-order chi connectivity index (χ1) is 12.7. The van der Waals surface area contributed by atoms with Gasteiger partial charge in [0, 0.05) is 19.5 Å². The second-order valence-electron chi connectivity index (χ2n) is 7.47. The van der Waals surface area contributed by atoms with Crippen LogP contribution in [0.15, 0.2) is 30.3 Å². The second-order valence-corrected chi connectivity index (χ2v) is 7.47. The Labute approximate surface area is 161 Å². The van der Waals surface area contributed by atoms with E-state index in [9.17, 15) is 9.59 Å². The molecule has 1 atom stereocenters. The van der Waals surface area contributed by atoms with Gasteiger partial charge in [0.05, 0.1) is 12.7 Å². The molecule has 0 saturated carbocycles. The van der Waals surface area contributed by atoms with Crippen LogP contribution in [0.5, 0.6) is 0 Å². The van der Waals surface area contributed by atoms with Gasteiger partial charge in [0.25, 0.3) is 0 Å². The lowest BCUT2D eigenvalue weighted by Crippen LogP contribution is -2.37. The molecule has 1 aromatic carbocycles. The van der Waals surface area contributed by atoms with Crippen molar-refractivity contribution in [3.8, 4) is 0 Å². The minimum Gasteiger partial charge on any atom is -0.444 e. The monoisotopic (exact) mass is 380 g/mol. The van der Waals surface area contributed by atoms with Gasteiger partial charge in [-0.2, -0.15) is 0 Å². The Kier molecular flexibility index (Phi) is 9.64. The van der Waals surface area contributed by atoms with Crippen LogP contribution in [0, 0.1) is 0 Å². The first kappa shape index (κ1) is 22.8. The molecule has 0 aliphatic rings. The molecule has 7 heteroatoms. The summed E-state index contributed by atoms with van der Waals surface area (Å²) in [6.07, 6.45) is -1.06. The molecule has 0 aliphatic carbocycles. The lowest BCUT2D eigenvalue weighted by molar-refractivity contribution is -0.00795. The van der Waals surface area contributed by atoms with Gasteiger partial charge < -0.3 is 24.8 Å². The average Bonchev–Trinajstić information content (AvgIpc) is 2.57. The average molecular weight is 380 g/mol. The van der Waals surface area contributed by atoms with Gasteiger partial charge in [0.15, 0.2) is 0 Å². The van der Waals surface area contributed by atoms with Crippen molar-refractivity contribution >= 4 is 12.2 Å². The molecule has 2 amide bonds. The largest absolute Gasteiger partial charge is 0.444 e. The van der Waals surface area contributed by atoms with Gasteiger partial charge in [-0.1, -0.05) is 30.3 Å². The highest BCUT2D eigenvalue weighted by Crippen LogP contribution is 2.07. The number of benzene rings is 1. The van der Waals surface area contributed by atoms with E-state index in [1.54, 1.807) is 20.8 Å². The molecule has 1 rings (SSSR count). The van der Waals surface area contributed by atoms with Crippen molar-refractivity contribution in [2.45, 2.75) is 65.4 Å². The Balaban J connectivity index is 2.42. The maximum Gasteiger partial charge on any atom is 0.407 e. The molecular weight excluding hydrogens is 348 g/mol. The SMILES string of the molecule is CC(C)OCC(CCNC(=O)OC(C)(C)C)OC(=O)NCc1ccccc1. The fraction of sp³-hybridized carbons (Fsp3) is 0.600. The van der Waals surface area contributed by atoms with Gasteiger partial charge in [-0.25, -0.2) is 9.59 Å². The van der Waals surface area contributed by atoms with E-state index < -0.39 is 23.9 Å². The molecule has 0 bridgehead atoms. The first-order valence-corrected chi connectivity index (χ1v) is 9.22. The number of nitrogens with one attached hydrogen (secondary N) is 2. The molecule has 0 aromatic heterocycles. The van der Waals surface area contributed by atoms with Gasteiger partial charge in [0.1, 0.15) is 11.7 Å². The summed E-state index contributed by atoms with van der Waals surface area (Å²) >= 11 is 0. The van der Waals surface area contributed by atoms with E-state index in [0.29, 0.717) is 19.5 Å². The van der Waals surface area contributed by atoms with Crippen molar-refractivity contribution < 1.29 is 23.8 Å². The van der Waals surface area contributed by atoms with E-state index in [0.717, 1.165) is 5.56 Å². The van der Waals surface area contributed by atoms with Crippen molar-refractivity contribution in [3.05, 3.63) is 35.9 Å². The van der Waals surface area contributed by atoms with Crippen molar-refractivity contribution in [2.24, 2.45) is 0 Å². The summed E-state index contributed by atoms with van der Waals surface area (Å²) in [5.41, 5.74) is 0.425. The molecule has 27 heavy (non-hydrogen) atoms. The van der Waals surface area contributed by atoms with Gasteiger partial charge in [-0.15, -0.1) is 0 Å². The van der Waals surface area contributed by atoms with Crippen LogP contribution in [-0.4, -0.2) is 43.1 Å². The van der Waals surface area contributed by atoms with Crippen LogP contribution in [0.25, 0.3) is 0 Å². The summed E-state index contributed by atoms with van der Waals surface area (Å²) in [7, 11) is 0. The van der Waals surface area contributed by atoms with Gasteiger partial charge >= 0.3 is 12.2 Å². The summed E-state index contributed by atoms with van der Waals surface area (Å²) in [4.78, 5) is 23.8. The van der Waals surface area contributed by atoms with Crippen molar-refractivity contribution in [1.29, 1.82) is 0 Å². The maximum absolute atomic E-state index is 12.1. The van der Waals surface area contributed by atoms with Crippen LogP contribution in [0.2, 0.25) is 0 Å². The molecule has 0 aliphatic heterocycles. The number of rotatable bonds is 9. The van der Waals surface area contributed by atoms with Crippen LogP contribution in [-0.2, 0) is 20.8 Å². The van der Waals surface area contributed by atoms with Crippen molar-refractivity contribution in [1.82, 2.24) is 10.6 Å². The lowest BCUT2D eigenvalue weighted by Gasteiger charge is -2.22. The minimum absolute atomic E-state index is 0.0160. The Morgan fingerprint density at radius 1 is 1.04 bits per heavy atom. The number of hydrogen-bond acceptors (Lipinski definition) is 5. The molecule has 1 unspecified atom stereocenters. The lowest BCUT2D eigenvalue weighted by atomic mass is 10.2. The third-order valence-corrected chi connectivity index (χ3v) is 3.30. The number of alkyl carbamates (subject to hydrolysis) is 2. The highest BCUT2D eigenvalue weighted by Gasteiger charge is 2.18. The quantitative estimate of drug-likeness (QED) is 0.683. The summed E-state index contributed by atoms with van der Waals surface area (Å²) in [5, 5.41) is 5.38. The van der Waals surface area contributed by atoms with Crippen LogP contribution in [0.4, 0.5) is 9.59 Å². The molecule has 0 saturated heterocycles. The minimum atomic E-state index is -0.557. The highest BCUT2D eigenvalue weighted by molar-refractivity contribution is 5.68. The van der Waals surface area contributed by atoms with E-state index >= 15 is 0 Å². The van der Waals surface area contributed by atoms with Crippen molar-refractivity contribution in [2.75, 3.05) is 13.2 Å². The summed E-state index contributed by atoms with van der Waals surface area (Å²) in [5.74, 6) is 0. The van der Waals surface area contributed by atoms with Crippen molar-refractivity contribution in [3.63, 3.8) is 0 Å². The van der Waals surface area contributed by atoms with Gasteiger partial charge in [0.2, 0.25) is 0 Å². The van der Waals surface area contributed by atoms with Gasteiger partial charge in [-0.3, -0.25) is 0 Å². The second kappa shape index (κ2) is 11.4. The molecule has 0 radical (unpaired) electrons. The van der Waals surface area contributed by atoms with E-state index in [1.807, 2.05) is 44.2 Å². The number of carbonyl (C=O) groups excluding carboxylic acids is 2. The standard InChI is InChI=1S/C20H32N2O5/c1-15(2)25-14-17(11-12-21-19(24)27-20(3,4)5)26-18(23)22-13-16-9-7-6-8-10-16/h6-10,15,17H,11-14H2,1-5H3,(H,21,24)(H,22,23). The van der Waals surface area contributed by atoms with E-state index in [1.165, 1.54) is 0 Å². The van der Waals surface area contributed by atoms with E-state index in [2.05, 4.69) is 10.6 Å². The zero-order chi connectivity index (χ0) is 20.3. The Hall–Kier alpha value is -2.28. The number of ether oxygens (including phenoxy) is 3. The maximum atomic E-state index is 12.1. The molecule has 0 spiro atoms. The van der Waals surface area contributed by atoms with Crippen LogP contribution in [0.1, 0.15) is 46.6 Å². The number of hydrogen-bond donors (Lipinski definition) is 2. The molecular formula is C20H32N2O5. The number of amides is 2.